The number of hydrogen-bond acceptors (Lipinski definition) is 5. The Morgan fingerprint density at radius 3 is 2.65 bits per heavy atom. The number of aryl methyl sites for hydroxylation is 1. The third-order valence-electron chi connectivity index (χ3n) is 4.97. The Morgan fingerprint density at radius 2 is 1.90 bits per heavy atom. The van der Waals surface area contributed by atoms with Crippen LogP contribution < -0.4 is 11.0 Å². The largest absolute Gasteiger partial charge is 0.280 e. The van der Waals surface area contributed by atoms with Crippen LogP contribution in [-0.4, -0.2) is 30.2 Å². The maximum Gasteiger partial charge on any atom is 0.280 e. The van der Waals surface area contributed by atoms with Crippen molar-refractivity contribution in [2.24, 2.45) is 0 Å². The lowest BCUT2D eigenvalue weighted by atomic mass is 10.1. The molecule has 0 aliphatic heterocycles. The van der Waals surface area contributed by atoms with Crippen molar-refractivity contribution in [3.8, 4) is 11.1 Å². The first-order valence-corrected chi connectivity index (χ1v) is 9.78. The minimum Gasteiger partial charge on any atom is -0.267 e. The highest BCUT2D eigenvalue weighted by Gasteiger charge is 2.17. The van der Waals surface area contributed by atoms with Crippen LogP contribution in [0.25, 0.3) is 27.7 Å². The highest BCUT2D eigenvalue weighted by molar-refractivity contribution is 6.30. The summed E-state index contributed by atoms with van der Waals surface area (Å²) >= 11 is 6.01. The van der Waals surface area contributed by atoms with E-state index >= 15 is 0 Å². The number of pyridine rings is 2. The average Bonchev–Trinajstić information content (AvgIpc) is 3.13. The molecule has 1 amide bonds. The second kappa shape index (κ2) is 7.33. The fraction of sp³-hybridized carbons (Fsp3) is 0.0455. The minimum atomic E-state index is -0.441. The van der Waals surface area contributed by atoms with Gasteiger partial charge >= 0.3 is 0 Å². The maximum absolute atomic E-state index is 13.0. The summed E-state index contributed by atoms with van der Waals surface area (Å²) in [6.45, 7) is 1.89. The molecule has 152 valence electrons. The van der Waals surface area contributed by atoms with E-state index in [4.69, 9.17) is 11.6 Å². The summed E-state index contributed by atoms with van der Waals surface area (Å²) in [6, 6.07) is 12.4. The number of aromatic nitrogens is 5. The molecule has 0 fully saturated rings. The quantitative estimate of drug-likeness (QED) is 0.473. The third-order valence-corrected chi connectivity index (χ3v) is 5.22. The van der Waals surface area contributed by atoms with Gasteiger partial charge in [-0.2, -0.15) is 5.10 Å². The average molecular weight is 431 g/mol. The molecule has 0 saturated carbocycles. The second-order valence-electron chi connectivity index (χ2n) is 6.93. The first-order valence-electron chi connectivity index (χ1n) is 9.40. The first-order chi connectivity index (χ1) is 15.0. The summed E-state index contributed by atoms with van der Waals surface area (Å²) in [6.07, 6.45) is 6.00. The number of hydrogen-bond donors (Lipinski definition) is 1. The molecule has 0 atom stereocenters. The zero-order chi connectivity index (χ0) is 21.5. The molecule has 0 unspecified atom stereocenters. The van der Waals surface area contributed by atoms with E-state index in [0.717, 1.165) is 21.5 Å². The zero-order valence-electron chi connectivity index (χ0n) is 16.3. The Hall–Kier alpha value is -4.04. The minimum absolute atomic E-state index is 0.326. The summed E-state index contributed by atoms with van der Waals surface area (Å²) in [7, 11) is 0. The smallest absolute Gasteiger partial charge is 0.267 e. The van der Waals surface area contributed by atoms with Crippen molar-refractivity contribution in [2.45, 2.75) is 6.92 Å². The van der Waals surface area contributed by atoms with Crippen molar-refractivity contribution in [1.82, 2.24) is 24.3 Å². The SMILES string of the molecule is Cc1nn2c(ncc3c(=O)n(NC(=O)c4cccnc4)ccc32)c1-c1ccc(Cl)cc1. The number of amides is 1. The molecule has 1 N–H and O–H groups in total. The van der Waals surface area contributed by atoms with Gasteiger partial charge in [0.05, 0.1) is 22.2 Å². The van der Waals surface area contributed by atoms with Gasteiger partial charge in [-0.25, -0.2) is 14.2 Å². The molecule has 0 bridgehead atoms. The molecule has 0 saturated heterocycles. The molecule has 9 heteroatoms. The number of fused-ring (bicyclic) bond motifs is 3. The van der Waals surface area contributed by atoms with Crippen molar-refractivity contribution in [2.75, 3.05) is 5.43 Å². The highest BCUT2D eigenvalue weighted by atomic mass is 35.5. The van der Waals surface area contributed by atoms with Crippen LogP contribution in [0, 0.1) is 6.92 Å². The van der Waals surface area contributed by atoms with Gasteiger partial charge in [-0.3, -0.25) is 20.0 Å². The predicted octanol–water partition coefficient (Wildman–Crippen LogP) is 3.45. The highest BCUT2D eigenvalue weighted by Crippen LogP contribution is 2.29. The topological polar surface area (TPSA) is 94.2 Å². The van der Waals surface area contributed by atoms with Gasteiger partial charge in [0.25, 0.3) is 11.5 Å². The number of benzene rings is 1. The van der Waals surface area contributed by atoms with Crippen LogP contribution in [0.1, 0.15) is 16.1 Å². The van der Waals surface area contributed by atoms with E-state index in [9.17, 15) is 9.59 Å². The molecule has 0 aliphatic carbocycles. The Balaban J connectivity index is 1.61. The molecule has 0 radical (unpaired) electrons. The monoisotopic (exact) mass is 430 g/mol. The van der Waals surface area contributed by atoms with Gasteiger partial charge in [0, 0.05) is 35.4 Å². The molecular formula is C22H15ClN6O2. The van der Waals surface area contributed by atoms with Gasteiger partial charge in [-0.15, -0.1) is 0 Å². The van der Waals surface area contributed by atoms with Crippen molar-refractivity contribution >= 4 is 34.1 Å². The van der Waals surface area contributed by atoms with Gasteiger partial charge < -0.3 is 0 Å². The van der Waals surface area contributed by atoms with E-state index in [1.165, 1.54) is 18.6 Å². The molecular weight excluding hydrogens is 416 g/mol. The van der Waals surface area contributed by atoms with E-state index < -0.39 is 11.5 Å². The van der Waals surface area contributed by atoms with Crippen LogP contribution in [-0.2, 0) is 0 Å². The van der Waals surface area contributed by atoms with Crippen LogP contribution in [0.3, 0.4) is 0 Å². The van der Waals surface area contributed by atoms with E-state index in [0.29, 0.717) is 27.1 Å². The summed E-state index contributed by atoms with van der Waals surface area (Å²) < 4.78 is 2.77. The Morgan fingerprint density at radius 1 is 1.10 bits per heavy atom. The van der Waals surface area contributed by atoms with Crippen LogP contribution in [0.4, 0.5) is 0 Å². The molecule has 4 heterocycles. The number of carbonyl (C=O) groups is 1. The van der Waals surface area contributed by atoms with Gasteiger partial charge in [-0.05, 0) is 42.8 Å². The maximum atomic E-state index is 13.0. The van der Waals surface area contributed by atoms with E-state index in [2.05, 4.69) is 20.5 Å². The van der Waals surface area contributed by atoms with Gasteiger partial charge in [0.15, 0.2) is 5.65 Å². The Labute approximate surface area is 180 Å². The molecule has 0 aliphatic rings. The van der Waals surface area contributed by atoms with Gasteiger partial charge in [-0.1, -0.05) is 23.7 Å². The fourth-order valence-electron chi connectivity index (χ4n) is 3.49. The zero-order valence-corrected chi connectivity index (χ0v) is 17.0. The summed E-state index contributed by atoms with van der Waals surface area (Å²) in [4.78, 5) is 33.8. The number of nitrogens with zero attached hydrogens (tertiary/aromatic N) is 5. The molecule has 0 spiro atoms. The molecule has 5 aromatic rings. The van der Waals surface area contributed by atoms with Crippen molar-refractivity contribution in [3.63, 3.8) is 0 Å². The number of nitrogens with one attached hydrogen (secondary N) is 1. The van der Waals surface area contributed by atoms with Crippen LogP contribution >= 0.6 is 11.6 Å². The summed E-state index contributed by atoms with van der Waals surface area (Å²) in [5, 5.41) is 5.57. The fourth-order valence-corrected chi connectivity index (χ4v) is 3.62. The van der Waals surface area contributed by atoms with Crippen LogP contribution in [0.2, 0.25) is 5.02 Å². The van der Waals surface area contributed by atoms with Crippen LogP contribution in [0.5, 0.6) is 0 Å². The normalized spacial score (nSPS) is 11.2. The Bertz CT molecular complexity index is 1510. The summed E-state index contributed by atoms with van der Waals surface area (Å²) in [5.41, 5.74) is 6.29. The van der Waals surface area contributed by atoms with Crippen LogP contribution in [0.15, 0.2) is 72.0 Å². The standard InChI is InChI=1S/C22H15ClN6O2/c1-13-19(14-4-6-16(23)7-5-14)20-25-12-17-18(29(20)26-13)8-10-28(22(17)31)27-21(30)15-3-2-9-24-11-15/h2-12H,1H3,(H,27,30). The second-order valence-corrected chi connectivity index (χ2v) is 7.37. The first kappa shape index (κ1) is 19.0. The number of carbonyl (C=O) groups excluding carboxylic acids is 1. The molecule has 31 heavy (non-hydrogen) atoms. The van der Waals surface area contributed by atoms with Crippen molar-refractivity contribution in [1.29, 1.82) is 0 Å². The number of halogens is 1. The lowest BCUT2D eigenvalue weighted by Gasteiger charge is -2.09. The lowest BCUT2D eigenvalue weighted by molar-refractivity contribution is 0.101. The molecule has 5 rings (SSSR count). The molecule has 4 aromatic heterocycles. The third kappa shape index (κ3) is 3.23. The van der Waals surface area contributed by atoms with E-state index in [1.54, 1.807) is 28.9 Å². The van der Waals surface area contributed by atoms with Crippen molar-refractivity contribution in [3.05, 3.63) is 93.9 Å². The predicted molar refractivity (Wildman–Crippen MR) is 118 cm³/mol. The van der Waals surface area contributed by atoms with Crippen molar-refractivity contribution < 1.29 is 4.79 Å². The summed E-state index contributed by atoms with van der Waals surface area (Å²) in [5.74, 6) is -0.441. The van der Waals surface area contributed by atoms with E-state index in [1.807, 2.05) is 31.2 Å². The molecule has 8 nitrogen and oxygen atoms in total. The van der Waals surface area contributed by atoms with Gasteiger partial charge in [0.2, 0.25) is 0 Å². The lowest BCUT2D eigenvalue weighted by Crippen LogP contribution is -2.33. The van der Waals surface area contributed by atoms with Gasteiger partial charge in [0.1, 0.15) is 0 Å². The molecule has 1 aromatic carbocycles. The van der Waals surface area contributed by atoms with E-state index in [-0.39, 0.29) is 0 Å². The number of rotatable bonds is 3. The Kier molecular flexibility index (Phi) is 4.48.